The zero-order valence-electron chi connectivity index (χ0n) is 7.43. The minimum atomic E-state index is -3.46. The van der Waals surface area contributed by atoms with Gasteiger partial charge in [-0.2, -0.15) is 8.78 Å². The number of alkyl halides is 2. The minimum Gasteiger partial charge on any atom is -0.461 e. The molecule has 86 valence electrons. The topological polar surface area (TPSA) is 52.6 Å². The van der Waals surface area contributed by atoms with Crippen molar-refractivity contribution < 1.29 is 36.6 Å². The van der Waals surface area contributed by atoms with Gasteiger partial charge in [0.05, 0.1) is 12.7 Å². The molecule has 0 aliphatic rings. The van der Waals surface area contributed by atoms with Crippen molar-refractivity contribution in [3.05, 3.63) is 11.7 Å². The number of hydrogen-bond acceptors (Lipinski definition) is 4. The smallest absolute Gasteiger partial charge is 0.417 e. The van der Waals surface area contributed by atoms with Gasteiger partial charge >= 0.3 is 11.9 Å². The highest BCUT2D eigenvalue weighted by Crippen LogP contribution is 2.16. The summed E-state index contributed by atoms with van der Waals surface area (Å²) in [7, 11) is 0.850. The van der Waals surface area contributed by atoms with E-state index in [0.717, 1.165) is 7.11 Å². The molecule has 0 atom stereocenters. The number of carbonyl (C=O) groups excluding carboxylic acids is 2. The van der Waals surface area contributed by atoms with E-state index in [-0.39, 0.29) is 0 Å². The third-order valence-corrected chi connectivity index (χ3v) is 1.22. The normalized spacial score (nSPS) is 9.73. The maximum atomic E-state index is 11.8. The third kappa shape index (κ3) is 4.43. The second-order valence-electron chi connectivity index (χ2n) is 2.15. The molecule has 0 bridgehead atoms. The molecular weight excluding hydrogens is 224 g/mol. The van der Waals surface area contributed by atoms with Gasteiger partial charge in [0.1, 0.15) is 6.61 Å². The minimum absolute atomic E-state index is 0.850. The fraction of sp³-hybridized carbons (Fsp3) is 0.429. The van der Waals surface area contributed by atoms with Crippen molar-refractivity contribution in [1.82, 2.24) is 0 Å². The molecule has 4 nitrogen and oxygen atoms in total. The van der Waals surface area contributed by atoms with E-state index in [1.807, 2.05) is 0 Å². The van der Waals surface area contributed by atoms with E-state index in [4.69, 9.17) is 0 Å². The summed E-state index contributed by atoms with van der Waals surface area (Å²) in [5, 5.41) is 0. The van der Waals surface area contributed by atoms with E-state index >= 15 is 0 Å². The first kappa shape index (κ1) is 13.4. The van der Waals surface area contributed by atoms with Crippen LogP contribution in [0.5, 0.6) is 0 Å². The Morgan fingerprint density at radius 2 is 1.73 bits per heavy atom. The molecule has 0 N–H and O–H groups in total. The summed E-state index contributed by atoms with van der Waals surface area (Å²) in [6.07, 6.45) is -6.11. The lowest BCUT2D eigenvalue weighted by Crippen LogP contribution is -2.21. The maximum absolute atomic E-state index is 11.8. The number of hydrogen-bond donors (Lipinski definition) is 0. The summed E-state index contributed by atoms with van der Waals surface area (Å²) < 4.78 is 54.9. The molecule has 0 rings (SSSR count). The average Bonchev–Trinajstić information content (AvgIpc) is 2.15. The van der Waals surface area contributed by atoms with Crippen molar-refractivity contribution in [2.75, 3.05) is 13.7 Å². The van der Waals surface area contributed by atoms with Crippen LogP contribution >= 0.6 is 0 Å². The summed E-state index contributed by atoms with van der Waals surface area (Å²) >= 11 is 0. The highest BCUT2D eigenvalue weighted by Gasteiger charge is 2.22. The molecule has 0 saturated heterocycles. The van der Waals surface area contributed by atoms with Crippen molar-refractivity contribution in [2.45, 2.75) is 6.43 Å². The molecule has 0 aliphatic heterocycles. The standard InChI is InChI=1S/C7H6F4O4/c1-14-6(12)7(13)15-2-3(4(8)9)5(10)11/h4H,2H2,1H3. The van der Waals surface area contributed by atoms with Gasteiger partial charge in [0, 0.05) is 0 Å². The van der Waals surface area contributed by atoms with Gasteiger partial charge in [-0.25, -0.2) is 18.4 Å². The lowest BCUT2D eigenvalue weighted by atomic mass is 10.3. The van der Waals surface area contributed by atoms with Gasteiger partial charge in [-0.05, 0) is 0 Å². The van der Waals surface area contributed by atoms with E-state index in [1.165, 1.54) is 0 Å². The van der Waals surface area contributed by atoms with Gasteiger partial charge in [-0.15, -0.1) is 0 Å². The fourth-order valence-corrected chi connectivity index (χ4v) is 0.486. The fourth-order valence-electron chi connectivity index (χ4n) is 0.486. The maximum Gasteiger partial charge on any atom is 0.417 e. The predicted octanol–water partition coefficient (Wildman–Crippen LogP) is 1.12. The molecule has 0 aliphatic carbocycles. The molecule has 0 unspecified atom stereocenters. The summed E-state index contributed by atoms with van der Waals surface area (Å²) in [5.74, 6) is -3.07. The summed E-state index contributed by atoms with van der Waals surface area (Å²) in [6, 6.07) is 0. The van der Waals surface area contributed by atoms with Gasteiger partial charge < -0.3 is 9.47 Å². The Morgan fingerprint density at radius 3 is 2.07 bits per heavy atom. The van der Waals surface area contributed by atoms with Crippen LogP contribution in [-0.4, -0.2) is 32.1 Å². The Balaban J connectivity index is 4.32. The summed E-state index contributed by atoms with van der Waals surface area (Å²) in [4.78, 5) is 20.9. The molecule has 0 heterocycles. The van der Waals surface area contributed by atoms with Crippen LogP contribution in [0.2, 0.25) is 0 Å². The van der Waals surface area contributed by atoms with Crippen LogP contribution in [0.1, 0.15) is 0 Å². The molecule has 0 fully saturated rings. The van der Waals surface area contributed by atoms with Gasteiger partial charge in [-0.1, -0.05) is 0 Å². The van der Waals surface area contributed by atoms with Crippen LogP contribution < -0.4 is 0 Å². The van der Waals surface area contributed by atoms with Crippen molar-refractivity contribution in [3.8, 4) is 0 Å². The van der Waals surface area contributed by atoms with Gasteiger partial charge in [-0.3, -0.25) is 0 Å². The monoisotopic (exact) mass is 230 g/mol. The molecule has 0 aromatic heterocycles. The Labute approximate surface area is 81.5 Å². The lowest BCUT2D eigenvalue weighted by molar-refractivity contribution is -0.165. The number of halogens is 4. The molecule has 0 radical (unpaired) electrons. The molecule has 0 aromatic carbocycles. The van der Waals surface area contributed by atoms with E-state index in [0.29, 0.717) is 0 Å². The highest BCUT2D eigenvalue weighted by molar-refractivity contribution is 6.29. The van der Waals surface area contributed by atoms with E-state index in [2.05, 4.69) is 9.47 Å². The third-order valence-electron chi connectivity index (χ3n) is 1.22. The van der Waals surface area contributed by atoms with Crippen LogP contribution in [0.3, 0.4) is 0 Å². The Morgan fingerprint density at radius 1 is 1.20 bits per heavy atom. The Bertz CT molecular complexity index is 283. The Hall–Kier alpha value is -1.60. The van der Waals surface area contributed by atoms with Gasteiger partial charge in [0.15, 0.2) is 0 Å². The average molecular weight is 230 g/mol. The Kier molecular flexibility index (Phi) is 5.35. The van der Waals surface area contributed by atoms with Crippen molar-refractivity contribution in [2.24, 2.45) is 0 Å². The van der Waals surface area contributed by atoms with Crippen LogP contribution in [0.15, 0.2) is 11.7 Å². The molecule has 0 amide bonds. The molecule has 8 heteroatoms. The molecular formula is C7H6F4O4. The van der Waals surface area contributed by atoms with Gasteiger partial charge in [0.2, 0.25) is 0 Å². The molecule has 0 saturated carbocycles. The number of carbonyl (C=O) groups is 2. The van der Waals surface area contributed by atoms with E-state index in [1.54, 1.807) is 0 Å². The highest BCUT2D eigenvalue weighted by atomic mass is 19.3. The number of rotatable bonds is 3. The quantitative estimate of drug-likeness (QED) is 0.414. The summed E-state index contributed by atoms with van der Waals surface area (Å²) in [5.41, 5.74) is -1.65. The molecule has 15 heavy (non-hydrogen) atoms. The van der Waals surface area contributed by atoms with Crippen LogP contribution in [0.4, 0.5) is 17.6 Å². The molecule has 0 spiro atoms. The second-order valence-corrected chi connectivity index (χ2v) is 2.15. The van der Waals surface area contributed by atoms with Crippen molar-refractivity contribution >= 4 is 11.9 Å². The lowest BCUT2D eigenvalue weighted by Gasteiger charge is -2.05. The zero-order chi connectivity index (χ0) is 12.0. The van der Waals surface area contributed by atoms with Crippen molar-refractivity contribution in [3.63, 3.8) is 0 Å². The summed E-state index contributed by atoms with van der Waals surface area (Å²) in [6.45, 7) is -1.35. The van der Waals surface area contributed by atoms with Crippen molar-refractivity contribution in [1.29, 1.82) is 0 Å². The largest absolute Gasteiger partial charge is 0.461 e. The van der Waals surface area contributed by atoms with Gasteiger partial charge in [0.25, 0.3) is 12.5 Å². The SMILES string of the molecule is COC(=O)C(=O)OCC(=C(F)F)C(F)F. The predicted molar refractivity (Wildman–Crippen MR) is 38.2 cm³/mol. The number of esters is 2. The number of methoxy groups -OCH3 is 1. The second kappa shape index (κ2) is 5.99. The van der Waals surface area contributed by atoms with E-state index in [9.17, 15) is 27.2 Å². The first-order valence-corrected chi connectivity index (χ1v) is 3.47. The van der Waals surface area contributed by atoms with Crippen LogP contribution in [0.25, 0.3) is 0 Å². The molecule has 0 aromatic rings. The zero-order valence-corrected chi connectivity index (χ0v) is 7.43. The number of ether oxygens (including phenoxy) is 2. The first-order chi connectivity index (χ1) is 6.90. The first-order valence-electron chi connectivity index (χ1n) is 3.47. The van der Waals surface area contributed by atoms with Crippen LogP contribution in [-0.2, 0) is 19.1 Å². The van der Waals surface area contributed by atoms with Crippen LogP contribution in [0, 0.1) is 0 Å². The van der Waals surface area contributed by atoms with E-state index < -0.39 is 36.6 Å².